The Hall–Kier alpha value is -2.24. The Morgan fingerprint density at radius 2 is 2.00 bits per heavy atom. The molecule has 0 radical (unpaired) electrons. The van der Waals surface area contributed by atoms with E-state index in [0.717, 1.165) is 6.42 Å². The van der Waals surface area contributed by atoms with Gasteiger partial charge in [0.25, 0.3) is 0 Å². The first-order valence-electron chi connectivity index (χ1n) is 5.56. The average molecular weight is 250 g/mol. The molecule has 0 aliphatic carbocycles. The molecule has 1 aromatic heterocycles. The van der Waals surface area contributed by atoms with E-state index in [0.29, 0.717) is 30.2 Å². The van der Waals surface area contributed by atoms with Crippen molar-refractivity contribution in [2.45, 2.75) is 6.42 Å². The van der Waals surface area contributed by atoms with Crippen LogP contribution in [0.5, 0.6) is 11.5 Å². The molecule has 1 aliphatic heterocycles. The zero-order valence-electron chi connectivity index (χ0n) is 9.48. The number of anilines is 1. The standard InChI is InChI=1S/C12H11FN2O3/c13-8-4-7(9-6-11(14)18-15-9)5-10-12(8)17-3-1-2-16-10/h4-6H,1-3,14H2. The van der Waals surface area contributed by atoms with Gasteiger partial charge in [-0.05, 0) is 12.1 Å². The van der Waals surface area contributed by atoms with Crippen molar-refractivity contribution in [3.05, 3.63) is 24.0 Å². The van der Waals surface area contributed by atoms with Crippen molar-refractivity contribution in [2.75, 3.05) is 18.9 Å². The van der Waals surface area contributed by atoms with Crippen LogP contribution in [0.4, 0.5) is 10.3 Å². The maximum Gasteiger partial charge on any atom is 0.222 e. The highest BCUT2D eigenvalue weighted by Gasteiger charge is 2.18. The predicted octanol–water partition coefficient (Wildman–Crippen LogP) is 2.22. The molecule has 0 atom stereocenters. The molecular formula is C12H11FN2O3. The zero-order chi connectivity index (χ0) is 12.5. The second kappa shape index (κ2) is 4.21. The van der Waals surface area contributed by atoms with Crippen molar-refractivity contribution in [2.24, 2.45) is 0 Å². The molecule has 1 aromatic carbocycles. The van der Waals surface area contributed by atoms with Gasteiger partial charge in [0.2, 0.25) is 5.88 Å². The van der Waals surface area contributed by atoms with Gasteiger partial charge in [-0.15, -0.1) is 0 Å². The molecule has 0 saturated heterocycles. The Bertz CT molecular complexity index is 583. The molecule has 6 heteroatoms. The van der Waals surface area contributed by atoms with E-state index in [4.69, 9.17) is 19.7 Å². The predicted molar refractivity (Wildman–Crippen MR) is 61.9 cm³/mol. The Morgan fingerprint density at radius 3 is 2.78 bits per heavy atom. The second-order valence-corrected chi connectivity index (χ2v) is 3.95. The van der Waals surface area contributed by atoms with Gasteiger partial charge in [0.1, 0.15) is 5.69 Å². The monoisotopic (exact) mass is 250 g/mol. The first-order chi connectivity index (χ1) is 8.74. The number of aromatic nitrogens is 1. The summed E-state index contributed by atoms with van der Waals surface area (Å²) in [7, 11) is 0. The first-order valence-corrected chi connectivity index (χ1v) is 5.56. The number of rotatable bonds is 1. The minimum atomic E-state index is -0.481. The Labute approximate surface area is 102 Å². The highest BCUT2D eigenvalue weighted by atomic mass is 19.1. The van der Waals surface area contributed by atoms with Crippen LogP contribution in [0, 0.1) is 5.82 Å². The molecule has 0 fully saturated rings. The molecule has 2 N–H and O–H groups in total. The molecule has 2 heterocycles. The van der Waals surface area contributed by atoms with Gasteiger partial charge in [0, 0.05) is 18.1 Å². The molecule has 0 amide bonds. The molecule has 0 bridgehead atoms. The average Bonchev–Trinajstić information content (AvgIpc) is 2.63. The van der Waals surface area contributed by atoms with Crippen molar-refractivity contribution < 1.29 is 18.4 Å². The van der Waals surface area contributed by atoms with Crippen LogP contribution in [0.1, 0.15) is 6.42 Å². The van der Waals surface area contributed by atoms with Crippen molar-refractivity contribution in [3.8, 4) is 22.8 Å². The molecule has 0 saturated carbocycles. The minimum absolute atomic E-state index is 0.146. The summed E-state index contributed by atoms with van der Waals surface area (Å²) in [5.41, 5.74) is 6.44. The number of hydrogen-bond acceptors (Lipinski definition) is 5. The quantitative estimate of drug-likeness (QED) is 0.840. The van der Waals surface area contributed by atoms with Crippen LogP contribution in [0.25, 0.3) is 11.3 Å². The maximum atomic E-state index is 13.9. The van der Waals surface area contributed by atoms with E-state index in [-0.39, 0.29) is 11.6 Å². The summed E-state index contributed by atoms with van der Waals surface area (Å²) < 4.78 is 29.4. The minimum Gasteiger partial charge on any atom is -0.489 e. The third-order valence-corrected chi connectivity index (χ3v) is 2.63. The van der Waals surface area contributed by atoms with Crippen molar-refractivity contribution in [1.82, 2.24) is 5.16 Å². The van der Waals surface area contributed by atoms with Crippen LogP contribution in [0.15, 0.2) is 22.7 Å². The smallest absolute Gasteiger partial charge is 0.222 e. The lowest BCUT2D eigenvalue weighted by Gasteiger charge is -2.09. The summed E-state index contributed by atoms with van der Waals surface area (Å²) in [6.07, 6.45) is 0.723. The van der Waals surface area contributed by atoms with E-state index in [1.807, 2.05) is 0 Å². The van der Waals surface area contributed by atoms with Crippen LogP contribution in [0.2, 0.25) is 0 Å². The number of benzene rings is 1. The van der Waals surface area contributed by atoms with E-state index in [9.17, 15) is 4.39 Å². The van der Waals surface area contributed by atoms with Crippen molar-refractivity contribution in [1.29, 1.82) is 0 Å². The molecule has 3 rings (SSSR count). The lowest BCUT2D eigenvalue weighted by atomic mass is 10.1. The van der Waals surface area contributed by atoms with E-state index < -0.39 is 5.82 Å². The third-order valence-electron chi connectivity index (χ3n) is 2.63. The summed E-state index contributed by atoms with van der Waals surface area (Å²) in [5, 5.41) is 3.74. The third kappa shape index (κ3) is 1.85. The summed E-state index contributed by atoms with van der Waals surface area (Å²) >= 11 is 0. The van der Waals surface area contributed by atoms with Gasteiger partial charge >= 0.3 is 0 Å². The van der Waals surface area contributed by atoms with Crippen LogP contribution in [-0.4, -0.2) is 18.4 Å². The second-order valence-electron chi connectivity index (χ2n) is 3.95. The van der Waals surface area contributed by atoms with Gasteiger partial charge in [-0.1, -0.05) is 5.16 Å². The van der Waals surface area contributed by atoms with Crippen molar-refractivity contribution in [3.63, 3.8) is 0 Å². The summed E-state index contributed by atoms with van der Waals surface area (Å²) in [6.45, 7) is 0.941. The number of hydrogen-bond donors (Lipinski definition) is 1. The topological polar surface area (TPSA) is 70.5 Å². The normalized spacial score (nSPS) is 14.3. The van der Waals surface area contributed by atoms with Crippen molar-refractivity contribution >= 4 is 5.88 Å². The Morgan fingerprint density at radius 1 is 1.17 bits per heavy atom. The number of ether oxygens (including phenoxy) is 2. The maximum absolute atomic E-state index is 13.9. The largest absolute Gasteiger partial charge is 0.489 e. The molecule has 0 spiro atoms. The van der Waals surface area contributed by atoms with Gasteiger partial charge in [0.15, 0.2) is 17.3 Å². The van der Waals surface area contributed by atoms with Crippen LogP contribution >= 0.6 is 0 Å². The first kappa shape index (κ1) is 10.9. The number of nitrogens with two attached hydrogens (primary N) is 1. The molecule has 5 nitrogen and oxygen atoms in total. The fraction of sp³-hybridized carbons (Fsp3) is 0.250. The van der Waals surface area contributed by atoms with Gasteiger partial charge < -0.3 is 19.7 Å². The van der Waals surface area contributed by atoms with Crippen LogP contribution < -0.4 is 15.2 Å². The van der Waals surface area contributed by atoms with E-state index in [2.05, 4.69) is 5.16 Å². The van der Waals surface area contributed by atoms with Gasteiger partial charge in [0.05, 0.1) is 13.2 Å². The highest BCUT2D eigenvalue weighted by molar-refractivity contribution is 5.65. The molecule has 1 aliphatic rings. The summed E-state index contributed by atoms with van der Waals surface area (Å²) in [6, 6.07) is 4.52. The number of nitrogen functional groups attached to an aromatic ring is 1. The van der Waals surface area contributed by atoms with E-state index in [1.54, 1.807) is 6.07 Å². The number of nitrogens with zero attached hydrogens (tertiary/aromatic N) is 1. The van der Waals surface area contributed by atoms with E-state index in [1.165, 1.54) is 12.1 Å². The molecule has 18 heavy (non-hydrogen) atoms. The highest BCUT2D eigenvalue weighted by Crippen LogP contribution is 2.36. The molecule has 2 aromatic rings. The molecule has 0 unspecified atom stereocenters. The Balaban J connectivity index is 2.07. The molecular weight excluding hydrogens is 239 g/mol. The molecule has 94 valence electrons. The van der Waals surface area contributed by atoms with Crippen LogP contribution in [0.3, 0.4) is 0 Å². The van der Waals surface area contributed by atoms with Gasteiger partial charge in [-0.2, -0.15) is 0 Å². The Kier molecular flexibility index (Phi) is 2.55. The van der Waals surface area contributed by atoms with E-state index >= 15 is 0 Å². The van der Waals surface area contributed by atoms with Crippen LogP contribution in [-0.2, 0) is 0 Å². The fourth-order valence-corrected chi connectivity index (χ4v) is 1.80. The zero-order valence-corrected chi connectivity index (χ0v) is 9.48. The number of fused-ring (bicyclic) bond motifs is 1. The SMILES string of the molecule is Nc1cc(-c2cc(F)c3c(c2)OCCCO3)no1. The number of halogens is 1. The van der Waals surface area contributed by atoms with Gasteiger partial charge in [-0.3, -0.25) is 0 Å². The summed E-state index contributed by atoms with van der Waals surface area (Å²) in [4.78, 5) is 0. The fourth-order valence-electron chi connectivity index (χ4n) is 1.80. The summed E-state index contributed by atoms with van der Waals surface area (Å²) in [5.74, 6) is 0.222. The lowest BCUT2D eigenvalue weighted by Crippen LogP contribution is -1.98. The van der Waals surface area contributed by atoms with Gasteiger partial charge in [-0.25, -0.2) is 4.39 Å². The lowest BCUT2D eigenvalue weighted by molar-refractivity contribution is 0.292.